The third-order valence-electron chi connectivity index (χ3n) is 5.27. The van der Waals surface area contributed by atoms with Gasteiger partial charge < -0.3 is 25.3 Å². The second-order valence-electron chi connectivity index (χ2n) is 7.62. The fourth-order valence-electron chi connectivity index (χ4n) is 3.57. The van der Waals surface area contributed by atoms with Gasteiger partial charge in [0.2, 0.25) is 0 Å². The maximum absolute atomic E-state index is 12.4. The van der Waals surface area contributed by atoms with E-state index in [1.54, 1.807) is 60.9 Å². The van der Waals surface area contributed by atoms with Gasteiger partial charge >= 0.3 is 0 Å². The van der Waals surface area contributed by atoms with Gasteiger partial charge in [0.1, 0.15) is 29.2 Å². The fourth-order valence-corrected chi connectivity index (χ4v) is 3.57. The maximum atomic E-state index is 12.4. The van der Waals surface area contributed by atoms with Crippen LogP contribution >= 0.6 is 0 Å². The molecular weight excluding hydrogens is 420 g/mol. The van der Waals surface area contributed by atoms with Gasteiger partial charge in [-0.1, -0.05) is 6.07 Å². The van der Waals surface area contributed by atoms with E-state index in [1.165, 1.54) is 0 Å². The predicted molar refractivity (Wildman–Crippen MR) is 125 cm³/mol. The smallest absolute Gasteiger partial charge is 0.256 e. The average molecular weight is 442 g/mol. The highest BCUT2D eigenvalue weighted by Crippen LogP contribution is 2.35. The molecule has 0 spiro atoms. The zero-order valence-corrected chi connectivity index (χ0v) is 17.7. The molecule has 4 aromatic rings. The molecular formula is C25H22N4O4. The van der Waals surface area contributed by atoms with E-state index in [0.717, 1.165) is 11.8 Å². The molecule has 0 unspecified atom stereocenters. The molecule has 33 heavy (non-hydrogen) atoms. The molecule has 1 amide bonds. The van der Waals surface area contributed by atoms with Crippen LogP contribution in [0.15, 0.2) is 73.1 Å². The summed E-state index contributed by atoms with van der Waals surface area (Å²) in [5, 5.41) is 3.52. The van der Waals surface area contributed by atoms with E-state index in [4.69, 9.17) is 19.9 Å². The molecule has 3 heterocycles. The van der Waals surface area contributed by atoms with E-state index >= 15 is 0 Å². The molecule has 1 aliphatic heterocycles. The minimum absolute atomic E-state index is 0.00225. The number of amides is 1. The molecule has 0 radical (unpaired) electrons. The van der Waals surface area contributed by atoms with Crippen molar-refractivity contribution in [3.8, 4) is 17.2 Å². The number of rotatable bonds is 6. The van der Waals surface area contributed by atoms with Crippen LogP contribution in [0.2, 0.25) is 0 Å². The molecule has 1 saturated heterocycles. The average Bonchev–Trinajstić information content (AvgIpc) is 3.34. The van der Waals surface area contributed by atoms with Crippen LogP contribution in [-0.4, -0.2) is 35.2 Å². The van der Waals surface area contributed by atoms with E-state index < -0.39 is 0 Å². The summed E-state index contributed by atoms with van der Waals surface area (Å²) in [6.45, 7) is 1.25. The van der Waals surface area contributed by atoms with Crippen molar-refractivity contribution in [1.82, 2.24) is 9.97 Å². The molecule has 0 saturated carbocycles. The third kappa shape index (κ3) is 4.70. The Balaban J connectivity index is 1.33. The number of aromatic nitrogens is 2. The molecule has 8 nitrogen and oxygen atoms in total. The Morgan fingerprint density at radius 1 is 1.03 bits per heavy atom. The largest absolute Gasteiger partial charge is 0.486 e. The van der Waals surface area contributed by atoms with Crippen LogP contribution in [-0.2, 0) is 4.74 Å². The summed E-state index contributed by atoms with van der Waals surface area (Å²) in [5.41, 5.74) is 7.96. The number of carbonyl (C=O) groups excluding carboxylic acids is 1. The van der Waals surface area contributed by atoms with Crippen molar-refractivity contribution in [1.29, 1.82) is 0 Å². The lowest BCUT2D eigenvalue weighted by atomic mass is 10.1. The monoisotopic (exact) mass is 442 g/mol. The Hall–Kier alpha value is -4.17. The topological polar surface area (TPSA) is 109 Å². The predicted octanol–water partition coefficient (Wildman–Crippen LogP) is 4.42. The van der Waals surface area contributed by atoms with Crippen LogP contribution in [0.25, 0.3) is 10.9 Å². The molecule has 1 fully saturated rings. The Morgan fingerprint density at radius 2 is 1.91 bits per heavy atom. The van der Waals surface area contributed by atoms with E-state index in [2.05, 4.69) is 15.3 Å². The number of nitrogens with two attached hydrogens (primary N) is 1. The number of hydrogen-bond donors (Lipinski definition) is 2. The summed E-state index contributed by atoms with van der Waals surface area (Å²) in [7, 11) is 0. The number of carbonyl (C=O) groups is 1. The second kappa shape index (κ2) is 9.13. The lowest BCUT2D eigenvalue weighted by Gasteiger charge is -2.15. The number of benzene rings is 2. The highest BCUT2D eigenvalue weighted by molar-refractivity contribution is 6.03. The Labute approximate surface area is 190 Å². The number of ether oxygens (including phenoxy) is 3. The van der Waals surface area contributed by atoms with Crippen LogP contribution in [0.5, 0.6) is 17.2 Å². The molecule has 0 aliphatic carbocycles. The summed E-state index contributed by atoms with van der Waals surface area (Å²) in [6, 6.07) is 17.6. The van der Waals surface area contributed by atoms with Gasteiger partial charge in [-0.15, -0.1) is 0 Å². The first-order chi connectivity index (χ1) is 16.2. The van der Waals surface area contributed by atoms with Crippen molar-refractivity contribution in [3.63, 3.8) is 0 Å². The standard InChI is InChI=1S/C25H22N4O4/c26-20-13-19-21(14-23(20)33-18-9-12-31-15-18)27-11-8-22(19)32-17-6-4-16(5-7-17)25(30)29-24-3-1-2-10-28-24/h1-8,10-11,13-14,18H,9,12,15,26H2,(H,28,29,30)/t18-/m1/s1. The zero-order valence-electron chi connectivity index (χ0n) is 17.7. The lowest BCUT2D eigenvalue weighted by molar-refractivity contribution is 0.102. The summed E-state index contributed by atoms with van der Waals surface area (Å²) in [6.07, 6.45) is 4.13. The number of nitrogens with zero attached hydrogens (tertiary/aromatic N) is 2. The van der Waals surface area contributed by atoms with Crippen LogP contribution in [0, 0.1) is 0 Å². The Morgan fingerprint density at radius 3 is 2.67 bits per heavy atom. The molecule has 8 heteroatoms. The van der Waals surface area contributed by atoms with Crippen LogP contribution in [0.1, 0.15) is 16.8 Å². The summed E-state index contributed by atoms with van der Waals surface area (Å²) >= 11 is 0. The highest BCUT2D eigenvalue weighted by atomic mass is 16.5. The van der Waals surface area contributed by atoms with E-state index in [1.807, 2.05) is 12.1 Å². The molecule has 1 aliphatic rings. The molecule has 166 valence electrons. The molecule has 1 atom stereocenters. The van der Waals surface area contributed by atoms with Crippen LogP contribution in [0.3, 0.4) is 0 Å². The van der Waals surface area contributed by atoms with Gasteiger partial charge in [-0.25, -0.2) is 4.98 Å². The third-order valence-corrected chi connectivity index (χ3v) is 5.27. The molecule has 5 rings (SSSR count). The van der Waals surface area contributed by atoms with E-state index in [9.17, 15) is 4.79 Å². The van der Waals surface area contributed by atoms with Crippen molar-refractivity contribution >= 4 is 28.3 Å². The Kier molecular flexibility index (Phi) is 5.73. The fraction of sp³-hybridized carbons (Fsp3) is 0.160. The minimum atomic E-state index is -0.248. The van der Waals surface area contributed by atoms with E-state index in [-0.39, 0.29) is 12.0 Å². The van der Waals surface area contributed by atoms with Crippen molar-refractivity contribution in [2.45, 2.75) is 12.5 Å². The minimum Gasteiger partial charge on any atom is -0.486 e. The van der Waals surface area contributed by atoms with Gasteiger partial charge in [-0.2, -0.15) is 0 Å². The van der Waals surface area contributed by atoms with Crippen molar-refractivity contribution in [2.24, 2.45) is 0 Å². The molecule has 2 aromatic heterocycles. The van der Waals surface area contributed by atoms with Gasteiger partial charge in [0.15, 0.2) is 0 Å². The SMILES string of the molecule is Nc1cc2c(Oc3ccc(C(=O)Nc4ccccn4)cc3)ccnc2cc1O[C@@H]1CCOC1. The zero-order chi connectivity index (χ0) is 22.6. The molecule has 0 bridgehead atoms. The summed E-state index contributed by atoms with van der Waals surface area (Å²) in [5.74, 6) is 2.02. The molecule has 3 N–H and O–H groups in total. The van der Waals surface area contributed by atoms with Crippen LogP contribution < -0.4 is 20.5 Å². The summed E-state index contributed by atoms with van der Waals surface area (Å²) in [4.78, 5) is 20.9. The van der Waals surface area contributed by atoms with Crippen molar-refractivity contribution in [3.05, 3.63) is 78.6 Å². The first kappa shape index (κ1) is 20.7. The van der Waals surface area contributed by atoms with Crippen molar-refractivity contribution < 1.29 is 19.0 Å². The normalized spacial score (nSPS) is 15.3. The van der Waals surface area contributed by atoms with Gasteiger partial charge in [-0.05, 0) is 48.5 Å². The van der Waals surface area contributed by atoms with Crippen LogP contribution in [0.4, 0.5) is 11.5 Å². The van der Waals surface area contributed by atoms with Gasteiger partial charge in [0, 0.05) is 35.8 Å². The second-order valence-corrected chi connectivity index (χ2v) is 7.62. The number of nitrogens with one attached hydrogen (secondary N) is 1. The highest BCUT2D eigenvalue weighted by Gasteiger charge is 2.19. The summed E-state index contributed by atoms with van der Waals surface area (Å²) < 4.78 is 17.4. The lowest BCUT2D eigenvalue weighted by Crippen LogP contribution is -2.16. The van der Waals surface area contributed by atoms with Gasteiger partial charge in [0.05, 0.1) is 24.4 Å². The van der Waals surface area contributed by atoms with E-state index in [0.29, 0.717) is 53.0 Å². The number of anilines is 2. The first-order valence-corrected chi connectivity index (χ1v) is 10.6. The number of nitrogen functional groups attached to an aromatic ring is 1. The molecule has 2 aromatic carbocycles. The van der Waals surface area contributed by atoms with Gasteiger partial charge in [-0.3, -0.25) is 9.78 Å². The maximum Gasteiger partial charge on any atom is 0.256 e. The quantitative estimate of drug-likeness (QED) is 0.425. The number of hydrogen-bond acceptors (Lipinski definition) is 7. The number of fused-ring (bicyclic) bond motifs is 1. The van der Waals surface area contributed by atoms with Gasteiger partial charge in [0.25, 0.3) is 5.91 Å². The Bertz CT molecular complexity index is 1270. The van der Waals surface area contributed by atoms with Crippen molar-refractivity contribution in [2.75, 3.05) is 24.3 Å². The first-order valence-electron chi connectivity index (χ1n) is 10.6. The number of pyridine rings is 2.